The average molecular weight is 315 g/mol. The molecule has 0 spiro atoms. The van der Waals surface area contributed by atoms with E-state index in [-0.39, 0.29) is 10.9 Å². The van der Waals surface area contributed by atoms with Gasteiger partial charge in [-0.1, -0.05) is 0 Å². The van der Waals surface area contributed by atoms with Crippen LogP contribution < -0.4 is 10.7 Å². The van der Waals surface area contributed by atoms with E-state index in [1.165, 1.54) is 12.1 Å². The third-order valence-electron chi connectivity index (χ3n) is 3.16. The van der Waals surface area contributed by atoms with Gasteiger partial charge in [-0.3, -0.25) is 5.43 Å². The van der Waals surface area contributed by atoms with Crippen LogP contribution in [0.25, 0.3) is 0 Å². The molecule has 5 nitrogen and oxygen atoms in total. The zero-order chi connectivity index (χ0) is 16.1. The second-order valence-corrected chi connectivity index (χ2v) is 4.98. The first kappa shape index (κ1) is 15.7. The predicted molar refractivity (Wildman–Crippen MR) is 88.2 cm³/mol. The maximum absolute atomic E-state index is 12.8. The van der Waals surface area contributed by atoms with E-state index in [0.29, 0.717) is 11.4 Å². The number of nitrogens with one attached hydrogen (secondary N) is 2. The predicted octanol–water partition coefficient (Wildman–Crippen LogP) is 2.66. The minimum Gasteiger partial charge on any atom is -0.339 e. The Bertz CT molecular complexity index is 755. The molecule has 7 heteroatoms. The molecule has 22 heavy (non-hydrogen) atoms. The second-order valence-electron chi connectivity index (χ2n) is 4.57. The standard InChI is InChI=1S/C15H14FN5S/c1-10-11(7-14(8-17)21(10)2)9-18-20-15(22)19-13-5-3-12(16)4-6-13/h3-7,9H,1-2H3,(H2,19,20,22)/b18-9-. The Hall–Kier alpha value is -2.72. The third kappa shape index (κ3) is 3.68. The lowest BCUT2D eigenvalue weighted by molar-refractivity contribution is 0.628. The minimum absolute atomic E-state index is 0.289. The van der Waals surface area contributed by atoms with Crippen LogP contribution in [0.4, 0.5) is 10.1 Å². The first-order chi connectivity index (χ1) is 10.5. The summed E-state index contributed by atoms with van der Waals surface area (Å²) in [6.07, 6.45) is 1.59. The lowest BCUT2D eigenvalue weighted by Gasteiger charge is -2.06. The summed E-state index contributed by atoms with van der Waals surface area (Å²) in [7, 11) is 1.82. The van der Waals surface area contributed by atoms with Gasteiger partial charge in [0.1, 0.15) is 17.6 Å². The molecule has 2 aromatic rings. The molecule has 1 heterocycles. The Labute approximate surface area is 133 Å². The molecule has 0 fully saturated rings. The molecule has 0 aliphatic rings. The van der Waals surface area contributed by atoms with Crippen molar-refractivity contribution in [2.45, 2.75) is 6.92 Å². The number of nitrogens with zero attached hydrogens (tertiary/aromatic N) is 3. The summed E-state index contributed by atoms with van der Waals surface area (Å²) >= 11 is 5.08. The summed E-state index contributed by atoms with van der Waals surface area (Å²) in [5.74, 6) is -0.310. The van der Waals surface area contributed by atoms with Gasteiger partial charge in [0.2, 0.25) is 0 Å². The third-order valence-corrected chi connectivity index (χ3v) is 3.35. The van der Waals surface area contributed by atoms with Crippen LogP contribution in [0.5, 0.6) is 0 Å². The molecule has 1 aromatic carbocycles. The number of thiocarbonyl (C=S) groups is 1. The van der Waals surface area contributed by atoms with E-state index in [1.807, 2.05) is 14.0 Å². The van der Waals surface area contributed by atoms with Crippen LogP contribution in [0.15, 0.2) is 35.4 Å². The number of hydrazone groups is 1. The molecule has 0 unspecified atom stereocenters. The van der Waals surface area contributed by atoms with E-state index in [1.54, 1.807) is 29.0 Å². The molecule has 0 atom stereocenters. The van der Waals surface area contributed by atoms with Crippen molar-refractivity contribution in [1.29, 1.82) is 5.26 Å². The van der Waals surface area contributed by atoms with Crippen molar-refractivity contribution in [2.75, 3.05) is 5.32 Å². The van der Waals surface area contributed by atoms with Crippen molar-refractivity contribution in [1.82, 2.24) is 9.99 Å². The van der Waals surface area contributed by atoms with Gasteiger partial charge >= 0.3 is 0 Å². The first-order valence-electron chi connectivity index (χ1n) is 6.43. The molecule has 0 aliphatic heterocycles. The van der Waals surface area contributed by atoms with Gasteiger partial charge in [-0.05, 0) is 49.5 Å². The highest BCUT2D eigenvalue weighted by Gasteiger charge is 2.06. The summed E-state index contributed by atoms with van der Waals surface area (Å²) in [4.78, 5) is 0. The first-order valence-corrected chi connectivity index (χ1v) is 6.84. The number of hydrogen-bond acceptors (Lipinski definition) is 3. The molecule has 0 aliphatic carbocycles. The van der Waals surface area contributed by atoms with E-state index >= 15 is 0 Å². The van der Waals surface area contributed by atoms with Crippen LogP contribution in [0.3, 0.4) is 0 Å². The van der Waals surface area contributed by atoms with Gasteiger partial charge in [-0.25, -0.2) is 4.39 Å². The van der Waals surface area contributed by atoms with Crippen LogP contribution >= 0.6 is 12.2 Å². The summed E-state index contributed by atoms with van der Waals surface area (Å²) in [5, 5.41) is 16.2. The van der Waals surface area contributed by atoms with E-state index in [0.717, 1.165) is 11.3 Å². The van der Waals surface area contributed by atoms with Crippen LogP contribution in [-0.4, -0.2) is 15.9 Å². The van der Waals surface area contributed by atoms with Gasteiger partial charge in [-0.15, -0.1) is 0 Å². The zero-order valence-electron chi connectivity index (χ0n) is 12.1. The van der Waals surface area contributed by atoms with Crippen molar-refractivity contribution >= 4 is 29.2 Å². The summed E-state index contributed by atoms with van der Waals surface area (Å²) < 4.78 is 14.6. The number of halogens is 1. The largest absolute Gasteiger partial charge is 0.339 e. The molecule has 1 aromatic heterocycles. The highest BCUT2D eigenvalue weighted by atomic mass is 32.1. The summed E-state index contributed by atoms with van der Waals surface area (Å²) in [6.45, 7) is 1.90. The lowest BCUT2D eigenvalue weighted by Crippen LogP contribution is -2.23. The van der Waals surface area contributed by atoms with E-state index in [4.69, 9.17) is 17.5 Å². The number of anilines is 1. The van der Waals surface area contributed by atoms with Gasteiger partial charge in [0, 0.05) is 24.0 Å². The van der Waals surface area contributed by atoms with E-state index < -0.39 is 0 Å². The van der Waals surface area contributed by atoms with Crippen molar-refractivity contribution in [3.8, 4) is 6.07 Å². The lowest BCUT2D eigenvalue weighted by atomic mass is 10.3. The highest BCUT2D eigenvalue weighted by molar-refractivity contribution is 7.80. The molecular weight excluding hydrogens is 301 g/mol. The molecule has 0 bridgehead atoms. The number of aromatic nitrogens is 1. The number of rotatable bonds is 3. The van der Waals surface area contributed by atoms with Crippen molar-refractivity contribution in [3.05, 3.63) is 53.1 Å². The van der Waals surface area contributed by atoms with Gasteiger partial charge in [0.15, 0.2) is 5.11 Å². The maximum Gasteiger partial charge on any atom is 0.191 e. The molecule has 0 saturated heterocycles. The van der Waals surface area contributed by atoms with Gasteiger partial charge < -0.3 is 9.88 Å². The molecule has 2 N–H and O–H groups in total. The van der Waals surface area contributed by atoms with Crippen LogP contribution in [-0.2, 0) is 7.05 Å². The van der Waals surface area contributed by atoms with Crippen molar-refractivity contribution in [2.24, 2.45) is 12.1 Å². The molecular formula is C15H14FN5S. The normalized spacial score (nSPS) is 10.5. The SMILES string of the molecule is Cc1c(/C=N\NC(=S)Nc2ccc(F)cc2)cc(C#N)n1C. The fourth-order valence-corrected chi connectivity index (χ4v) is 1.98. The maximum atomic E-state index is 12.8. The Morgan fingerprint density at radius 3 is 2.68 bits per heavy atom. The van der Waals surface area contributed by atoms with Gasteiger partial charge in [0.05, 0.1) is 6.21 Å². The van der Waals surface area contributed by atoms with Crippen LogP contribution in [0.2, 0.25) is 0 Å². The average Bonchev–Trinajstić information content (AvgIpc) is 2.77. The van der Waals surface area contributed by atoms with E-state index in [2.05, 4.69) is 21.9 Å². The Morgan fingerprint density at radius 1 is 1.41 bits per heavy atom. The fraction of sp³-hybridized carbons (Fsp3) is 0.133. The fourth-order valence-electron chi connectivity index (χ4n) is 1.81. The van der Waals surface area contributed by atoms with Gasteiger partial charge in [-0.2, -0.15) is 10.4 Å². The quantitative estimate of drug-likeness (QED) is 0.519. The highest BCUT2D eigenvalue weighted by Crippen LogP contribution is 2.11. The second kappa shape index (κ2) is 6.83. The molecule has 0 saturated carbocycles. The van der Waals surface area contributed by atoms with Gasteiger partial charge in [0.25, 0.3) is 0 Å². The van der Waals surface area contributed by atoms with Crippen LogP contribution in [0, 0.1) is 24.1 Å². The van der Waals surface area contributed by atoms with Crippen LogP contribution in [0.1, 0.15) is 17.0 Å². The summed E-state index contributed by atoms with van der Waals surface area (Å²) in [6, 6.07) is 9.68. The molecule has 0 radical (unpaired) electrons. The molecule has 0 amide bonds. The monoisotopic (exact) mass is 315 g/mol. The number of hydrogen-bond donors (Lipinski definition) is 2. The Balaban J connectivity index is 1.96. The van der Waals surface area contributed by atoms with Crippen molar-refractivity contribution in [3.63, 3.8) is 0 Å². The zero-order valence-corrected chi connectivity index (χ0v) is 12.9. The summed E-state index contributed by atoms with van der Waals surface area (Å²) in [5.41, 5.74) is 5.66. The molecule has 2 rings (SSSR count). The number of benzene rings is 1. The topological polar surface area (TPSA) is 65.1 Å². The Morgan fingerprint density at radius 2 is 2.09 bits per heavy atom. The number of nitriles is 1. The van der Waals surface area contributed by atoms with Crippen molar-refractivity contribution < 1.29 is 4.39 Å². The smallest absolute Gasteiger partial charge is 0.191 e. The molecule has 112 valence electrons. The Kier molecular flexibility index (Phi) is 4.86. The van der Waals surface area contributed by atoms with E-state index in [9.17, 15) is 4.39 Å². The minimum atomic E-state index is -0.310.